The molecule has 2 heterocycles. The van der Waals surface area contributed by atoms with Crippen molar-refractivity contribution in [2.45, 2.75) is 20.0 Å². The maximum atomic E-state index is 5.27. The van der Waals surface area contributed by atoms with Gasteiger partial charge in [-0.2, -0.15) is 5.10 Å². The van der Waals surface area contributed by atoms with Crippen molar-refractivity contribution in [2.75, 3.05) is 6.54 Å². The van der Waals surface area contributed by atoms with Gasteiger partial charge in [-0.3, -0.25) is 4.68 Å². The molecule has 0 aliphatic heterocycles. The monoisotopic (exact) mass is 389 g/mol. The number of aromatic nitrogens is 2. The summed E-state index contributed by atoms with van der Waals surface area (Å²) in [5.74, 6) is 1.64. The predicted octanol–water partition coefficient (Wildman–Crippen LogP) is 1.89. The minimum Gasteiger partial charge on any atom is -0.467 e. The third kappa shape index (κ3) is 4.87. The van der Waals surface area contributed by atoms with E-state index in [1.807, 2.05) is 36.9 Å². The number of hydrogen-bond donors (Lipinski definition) is 2. The summed E-state index contributed by atoms with van der Waals surface area (Å²) >= 11 is 0. The molecule has 0 unspecified atom stereocenters. The number of rotatable bonds is 5. The van der Waals surface area contributed by atoms with Crippen LogP contribution < -0.4 is 10.6 Å². The summed E-state index contributed by atoms with van der Waals surface area (Å²) in [6.07, 6.45) is 3.44. The van der Waals surface area contributed by atoms with Gasteiger partial charge in [0.1, 0.15) is 5.76 Å². The molecule has 0 aliphatic rings. The number of aryl methyl sites for hydroxylation is 1. The van der Waals surface area contributed by atoms with Crippen LogP contribution in [0.2, 0.25) is 0 Å². The molecule has 110 valence electrons. The zero-order valence-electron chi connectivity index (χ0n) is 11.7. The van der Waals surface area contributed by atoms with Crippen molar-refractivity contribution >= 4 is 29.9 Å². The first-order valence-electron chi connectivity index (χ1n) is 6.31. The maximum absolute atomic E-state index is 5.27. The number of guanidine groups is 1. The molecule has 6 nitrogen and oxygen atoms in total. The summed E-state index contributed by atoms with van der Waals surface area (Å²) in [6, 6.07) is 5.76. The van der Waals surface area contributed by atoms with Gasteiger partial charge in [-0.1, -0.05) is 0 Å². The Morgan fingerprint density at radius 1 is 1.40 bits per heavy atom. The highest BCUT2D eigenvalue weighted by atomic mass is 127. The molecule has 0 amide bonds. The van der Waals surface area contributed by atoms with Crippen LogP contribution in [-0.4, -0.2) is 22.3 Å². The van der Waals surface area contributed by atoms with E-state index in [9.17, 15) is 0 Å². The number of aliphatic imine (C=N–C) groups is 1. The molecule has 20 heavy (non-hydrogen) atoms. The van der Waals surface area contributed by atoms with Gasteiger partial charge in [0, 0.05) is 19.8 Å². The molecule has 0 atom stereocenters. The zero-order chi connectivity index (χ0) is 13.5. The number of hydrogen-bond acceptors (Lipinski definition) is 3. The van der Waals surface area contributed by atoms with Crippen LogP contribution >= 0.6 is 24.0 Å². The number of nitrogens with zero attached hydrogens (tertiary/aromatic N) is 3. The molecule has 0 aliphatic carbocycles. The highest BCUT2D eigenvalue weighted by Crippen LogP contribution is 2.00. The van der Waals surface area contributed by atoms with Gasteiger partial charge in [0.25, 0.3) is 0 Å². The molecule has 0 fully saturated rings. The molecule has 2 rings (SSSR count). The smallest absolute Gasteiger partial charge is 0.192 e. The molecule has 2 N–H and O–H groups in total. The van der Waals surface area contributed by atoms with Crippen LogP contribution in [0.4, 0.5) is 0 Å². The van der Waals surface area contributed by atoms with Gasteiger partial charge >= 0.3 is 0 Å². The largest absolute Gasteiger partial charge is 0.467 e. The fourth-order valence-electron chi connectivity index (χ4n) is 1.64. The Morgan fingerprint density at radius 2 is 2.25 bits per heavy atom. The van der Waals surface area contributed by atoms with Gasteiger partial charge in [0.2, 0.25) is 0 Å². The van der Waals surface area contributed by atoms with Crippen molar-refractivity contribution in [2.24, 2.45) is 12.0 Å². The summed E-state index contributed by atoms with van der Waals surface area (Å²) in [5.41, 5.74) is 1.07. The lowest BCUT2D eigenvalue weighted by molar-refractivity contribution is 0.501. The van der Waals surface area contributed by atoms with Gasteiger partial charge < -0.3 is 15.1 Å². The van der Waals surface area contributed by atoms with E-state index in [4.69, 9.17) is 4.42 Å². The second-order valence-electron chi connectivity index (χ2n) is 4.07. The number of nitrogens with one attached hydrogen (secondary N) is 2. The van der Waals surface area contributed by atoms with Gasteiger partial charge in [-0.15, -0.1) is 24.0 Å². The standard InChI is InChI=1S/C13H19N5O.HI/c1-3-14-13(16-10-12-5-4-8-19-12)15-9-11-6-7-17-18(11)2;/h4-8H,3,9-10H2,1-2H3,(H2,14,15,16);1H. The molecule has 2 aromatic heterocycles. The minimum atomic E-state index is 0. The highest BCUT2D eigenvalue weighted by Gasteiger charge is 2.01. The van der Waals surface area contributed by atoms with E-state index in [0.717, 1.165) is 24.0 Å². The lowest BCUT2D eigenvalue weighted by Crippen LogP contribution is -2.36. The Hall–Kier alpha value is -1.51. The van der Waals surface area contributed by atoms with E-state index in [1.54, 1.807) is 12.5 Å². The molecule has 0 radical (unpaired) electrons. The van der Waals surface area contributed by atoms with E-state index in [2.05, 4.69) is 20.7 Å². The van der Waals surface area contributed by atoms with Gasteiger partial charge in [-0.05, 0) is 25.1 Å². The zero-order valence-corrected chi connectivity index (χ0v) is 14.0. The molecule has 0 saturated heterocycles. The van der Waals surface area contributed by atoms with Crippen molar-refractivity contribution in [1.29, 1.82) is 0 Å². The third-order valence-electron chi connectivity index (χ3n) is 2.68. The van der Waals surface area contributed by atoms with E-state index in [-0.39, 0.29) is 24.0 Å². The van der Waals surface area contributed by atoms with Crippen molar-refractivity contribution in [3.05, 3.63) is 42.1 Å². The summed E-state index contributed by atoms with van der Waals surface area (Å²) in [6.45, 7) is 4.05. The lowest BCUT2D eigenvalue weighted by atomic mass is 10.4. The quantitative estimate of drug-likeness (QED) is 0.466. The third-order valence-corrected chi connectivity index (χ3v) is 2.68. The van der Waals surface area contributed by atoms with E-state index in [0.29, 0.717) is 13.1 Å². The second-order valence-corrected chi connectivity index (χ2v) is 4.07. The van der Waals surface area contributed by atoms with Crippen molar-refractivity contribution in [1.82, 2.24) is 20.4 Å². The van der Waals surface area contributed by atoms with Crippen molar-refractivity contribution < 1.29 is 4.42 Å². The fourth-order valence-corrected chi connectivity index (χ4v) is 1.64. The van der Waals surface area contributed by atoms with Crippen LogP contribution in [-0.2, 0) is 20.1 Å². The van der Waals surface area contributed by atoms with Gasteiger partial charge in [0.05, 0.1) is 25.0 Å². The Bertz CT molecular complexity index is 521. The average molecular weight is 389 g/mol. The first-order chi connectivity index (χ1) is 9.29. The Kier molecular flexibility index (Phi) is 7.13. The summed E-state index contributed by atoms with van der Waals surface area (Å²) in [5, 5.41) is 10.5. The van der Waals surface area contributed by atoms with Gasteiger partial charge in [0.15, 0.2) is 5.96 Å². The Balaban J connectivity index is 0.00000200. The van der Waals surface area contributed by atoms with Crippen LogP contribution in [0.15, 0.2) is 40.1 Å². The van der Waals surface area contributed by atoms with E-state index in [1.165, 1.54) is 0 Å². The van der Waals surface area contributed by atoms with E-state index < -0.39 is 0 Å². The molecule has 0 aromatic carbocycles. The van der Waals surface area contributed by atoms with Crippen LogP contribution in [0.5, 0.6) is 0 Å². The SMILES string of the molecule is CCNC(=NCc1ccnn1C)NCc1ccco1.I. The number of halogens is 1. The molecule has 0 spiro atoms. The maximum Gasteiger partial charge on any atom is 0.192 e. The van der Waals surface area contributed by atoms with Crippen LogP contribution in [0.1, 0.15) is 18.4 Å². The molecular formula is C13H20IN5O. The normalized spacial score (nSPS) is 11.0. The molecular weight excluding hydrogens is 369 g/mol. The summed E-state index contributed by atoms with van der Waals surface area (Å²) in [4.78, 5) is 4.51. The topological polar surface area (TPSA) is 67.4 Å². The minimum absolute atomic E-state index is 0. The summed E-state index contributed by atoms with van der Waals surface area (Å²) in [7, 11) is 1.91. The molecule has 2 aromatic rings. The lowest BCUT2D eigenvalue weighted by Gasteiger charge is -2.10. The van der Waals surface area contributed by atoms with Crippen LogP contribution in [0.25, 0.3) is 0 Å². The van der Waals surface area contributed by atoms with E-state index >= 15 is 0 Å². The first-order valence-corrected chi connectivity index (χ1v) is 6.31. The highest BCUT2D eigenvalue weighted by molar-refractivity contribution is 14.0. The Morgan fingerprint density at radius 3 is 2.85 bits per heavy atom. The molecule has 0 bridgehead atoms. The predicted molar refractivity (Wildman–Crippen MR) is 89.0 cm³/mol. The summed E-state index contributed by atoms with van der Waals surface area (Å²) < 4.78 is 7.09. The van der Waals surface area contributed by atoms with Gasteiger partial charge in [-0.25, -0.2) is 4.99 Å². The molecule has 0 saturated carbocycles. The fraction of sp³-hybridized carbons (Fsp3) is 0.385. The second kappa shape index (κ2) is 8.62. The number of furan rings is 1. The van der Waals surface area contributed by atoms with Crippen molar-refractivity contribution in [3.63, 3.8) is 0 Å². The van der Waals surface area contributed by atoms with Crippen LogP contribution in [0.3, 0.4) is 0 Å². The average Bonchev–Trinajstić information content (AvgIpc) is 3.04. The van der Waals surface area contributed by atoms with Crippen LogP contribution in [0, 0.1) is 0 Å². The first kappa shape index (κ1) is 16.5. The Labute approximate surface area is 135 Å². The molecule has 7 heteroatoms. The van der Waals surface area contributed by atoms with Crippen molar-refractivity contribution in [3.8, 4) is 0 Å².